The third-order valence-corrected chi connectivity index (χ3v) is 6.69. The smallest absolute Gasteiger partial charge is 0.312 e. The van der Waals surface area contributed by atoms with Crippen molar-refractivity contribution in [2.45, 2.75) is 58.5 Å². The Kier molecular flexibility index (Phi) is 15.2. The van der Waals surface area contributed by atoms with Crippen LogP contribution in [0.4, 0.5) is 10.5 Å². The van der Waals surface area contributed by atoms with Gasteiger partial charge in [-0.3, -0.25) is 33.7 Å². The number of anilines is 1. The van der Waals surface area contributed by atoms with Gasteiger partial charge in [-0.1, -0.05) is 31.5 Å². The van der Waals surface area contributed by atoms with Crippen LogP contribution in [-0.2, 0) is 33.5 Å². The molecule has 0 radical (unpaired) electrons. The third-order valence-electron chi connectivity index (χ3n) is 6.69. The largest absolute Gasteiger partial charge is 0.379 e. The zero-order chi connectivity index (χ0) is 33.4. The summed E-state index contributed by atoms with van der Waals surface area (Å²) in [4.78, 5) is 85.8. The van der Waals surface area contributed by atoms with Crippen LogP contribution < -0.4 is 32.3 Å². The number of primary amides is 1. The molecule has 0 fully saturated rings. The van der Waals surface area contributed by atoms with E-state index in [1.165, 1.54) is 0 Å². The summed E-state index contributed by atoms with van der Waals surface area (Å²) in [5, 5.41) is 13.3. The first-order chi connectivity index (χ1) is 21.4. The number of carbonyl (C=O) groups excluding carboxylic acids is 7. The highest BCUT2D eigenvalue weighted by Crippen LogP contribution is 2.11. The van der Waals surface area contributed by atoms with Crippen molar-refractivity contribution in [3.63, 3.8) is 0 Å². The summed E-state index contributed by atoms with van der Waals surface area (Å²) in [6.07, 6.45) is 2.78. The van der Waals surface area contributed by atoms with Crippen LogP contribution in [0.1, 0.15) is 45.1 Å². The minimum Gasteiger partial charge on any atom is -0.379 e. The topological polar surface area (TPSA) is 218 Å². The highest BCUT2D eigenvalue weighted by molar-refractivity contribution is 6.13. The van der Waals surface area contributed by atoms with E-state index in [4.69, 9.17) is 10.5 Å². The molecule has 0 saturated heterocycles. The molecule has 1 heterocycles. The van der Waals surface area contributed by atoms with Crippen molar-refractivity contribution in [1.82, 2.24) is 26.2 Å². The van der Waals surface area contributed by atoms with Gasteiger partial charge in [-0.15, -0.1) is 0 Å². The summed E-state index contributed by atoms with van der Waals surface area (Å²) in [6, 6.07) is 4.60. The van der Waals surface area contributed by atoms with Gasteiger partial charge in [-0.25, -0.2) is 4.79 Å². The van der Waals surface area contributed by atoms with E-state index in [2.05, 4.69) is 26.6 Å². The predicted octanol–water partition coefficient (Wildman–Crippen LogP) is -0.154. The molecule has 8 amide bonds. The fourth-order valence-electron chi connectivity index (χ4n) is 4.18. The van der Waals surface area contributed by atoms with Gasteiger partial charge < -0.3 is 37.1 Å². The minimum absolute atomic E-state index is 0.0210. The summed E-state index contributed by atoms with van der Waals surface area (Å²) in [7, 11) is 0. The maximum atomic E-state index is 13.2. The molecule has 7 N–H and O–H groups in total. The number of hydrogen-bond donors (Lipinski definition) is 6. The number of carbonyl (C=O) groups is 7. The summed E-state index contributed by atoms with van der Waals surface area (Å²) in [5.74, 6) is -2.99. The van der Waals surface area contributed by atoms with Crippen LogP contribution in [0.3, 0.4) is 0 Å². The first kappa shape index (κ1) is 36.4. The summed E-state index contributed by atoms with van der Waals surface area (Å²) in [6.45, 7) is 5.95. The Hall–Kier alpha value is -4.79. The molecule has 15 heteroatoms. The standard InChI is InChI=1S/C30H43N7O8/c1-19(2)27(36-24(39)13-17-45-18-15-32-23(38)12-16-37-25(40)10-11-26(37)41)29(43)35-22(5-4-14-33-30(31)44)28(42)34-21-8-6-20(3)7-9-21/h6-11,19,22,27H,4-5,12-18H2,1-3H3,(H,32,38)(H,34,42)(H,35,43)(H,36,39)(H3,31,33,44)/t22-,27?/m0/s1. The molecule has 15 nitrogen and oxygen atoms in total. The lowest BCUT2D eigenvalue weighted by Crippen LogP contribution is -2.54. The molecule has 1 unspecified atom stereocenters. The van der Waals surface area contributed by atoms with E-state index >= 15 is 0 Å². The molecule has 1 aliphatic heterocycles. The summed E-state index contributed by atoms with van der Waals surface area (Å²) < 4.78 is 5.40. The lowest BCUT2D eigenvalue weighted by molar-refractivity contribution is -0.137. The second-order valence-electron chi connectivity index (χ2n) is 10.8. The molecule has 0 bridgehead atoms. The molecule has 2 rings (SSSR count). The molecule has 1 aromatic carbocycles. The number of amides is 8. The number of aryl methyl sites for hydroxylation is 1. The molecule has 0 spiro atoms. The summed E-state index contributed by atoms with van der Waals surface area (Å²) >= 11 is 0. The van der Waals surface area contributed by atoms with Crippen molar-refractivity contribution in [2.24, 2.45) is 11.7 Å². The van der Waals surface area contributed by atoms with Crippen LogP contribution in [0, 0.1) is 12.8 Å². The molecule has 45 heavy (non-hydrogen) atoms. The zero-order valence-corrected chi connectivity index (χ0v) is 25.9. The van der Waals surface area contributed by atoms with E-state index in [0.717, 1.165) is 22.6 Å². The number of imide groups is 1. The number of ether oxygens (including phenoxy) is 1. The Labute approximate surface area is 262 Å². The lowest BCUT2D eigenvalue weighted by atomic mass is 10.0. The average molecular weight is 630 g/mol. The van der Waals surface area contributed by atoms with E-state index in [0.29, 0.717) is 12.1 Å². The van der Waals surface area contributed by atoms with Crippen molar-refractivity contribution in [2.75, 3.05) is 38.2 Å². The van der Waals surface area contributed by atoms with E-state index in [-0.39, 0.29) is 63.9 Å². The Morgan fingerprint density at radius 2 is 1.51 bits per heavy atom. The highest BCUT2D eigenvalue weighted by Gasteiger charge is 2.29. The number of nitrogens with one attached hydrogen (secondary N) is 5. The Morgan fingerprint density at radius 3 is 2.13 bits per heavy atom. The van der Waals surface area contributed by atoms with Crippen molar-refractivity contribution in [1.29, 1.82) is 0 Å². The van der Waals surface area contributed by atoms with Gasteiger partial charge >= 0.3 is 6.03 Å². The normalized spacial score (nSPS) is 13.7. The molecule has 0 aromatic heterocycles. The van der Waals surface area contributed by atoms with Crippen LogP contribution >= 0.6 is 0 Å². The van der Waals surface area contributed by atoms with Crippen molar-refractivity contribution < 1.29 is 38.3 Å². The zero-order valence-electron chi connectivity index (χ0n) is 25.9. The van der Waals surface area contributed by atoms with Gasteiger partial charge in [0.1, 0.15) is 12.1 Å². The van der Waals surface area contributed by atoms with E-state index in [1.54, 1.807) is 26.0 Å². The van der Waals surface area contributed by atoms with Gasteiger partial charge in [-0.05, 0) is 37.8 Å². The second-order valence-corrected chi connectivity index (χ2v) is 10.8. The Morgan fingerprint density at radius 1 is 0.844 bits per heavy atom. The van der Waals surface area contributed by atoms with Gasteiger partial charge in [0.2, 0.25) is 23.6 Å². The molecule has 0 aliphatic carbocycles. The SMILES string of the molecule is Cc1ccc(NC(=O)[C@H](CCCNC(N)=O)NC(=O)C(NC(=O)CCOCCNC(=O)CCN2C(=O)C=CC2=O)C(C)C)cc1. The molecule has 1 aromatic rings. The molecule has 1 aliphatic rings. The summed E-state index contributed by atoms with van der Waals surface area (Å²) in [5.41, 5.74) is 6.68. The van der Waals surface area contributed by atoms with Crippen LogP contribution in [0.25, 0.3) is 0 Å². The molecule has 2 atom stereocenters. The van der Waals surface area contributed by atoms with Crippen molar-refractivity contribution in [3.8, 4) is 0 Å². The van der Waals surface area contributed by atoms with Crippen molar-refractivity contribution >= 4 is 47.2 Å². The van der Waals surface area contributed by atoms with Gasteiger partial charge in [0.15, 0.2) is 0 Å². The first-order valence-corrected chi connectivity index (χ1v) is 14.8. The van der Waals surface area contributed by atoms with Crippen LogP contribution in [-0.4, -0.2) is 91.3 Å². The van der Waals surface area contributed by atoms with Gasteiger partial charge in [-0.2, -0.15) is 0 Å². The van der Waals surface area contributed by atoms with Crippen LogP contribution in [0.15, 0.2) is 36.4 Å². The fraction of sp³-hybridized carbons (Fsp3) is 0.500. The predicted molar refractivity (Wildman–Crippen MR) is 164 cm³/mol. The number of hydrogen-bond acceptors (Lipinski definition) is 8. The minimum atomic E-state index is -0.946. The number of nitrogens with zero attached hydrogens (tertiary/aromatic N) is 1. The Bertz CT molecular complexity index is 1230. The van der Waals surface area contributed by atoms with E-state index < -0.39 is 47.7 Å². The van der Waals surface area contributed by atoms with E-state index in [1.807, 2.05) is 19.1 Å². The number of rotatable bonds is 19. The highest BCUT2D eigenvalue weighted by atomic mass is 16.5. The maximum absolute atomic E-state index is 13.2. The average Bonchev–Trinajstić information content (AvgIpc) is 3.31. The maximum Gasteiger partial charge on any atom is 0.312 e. The fourth-order valence-corrected chi connectivity index (χ4v) is 4.18. The van der Waals surface area contributed by atoms with Gasteiger partial charge in [0.25, 0.3) is 11.8 Å². The first-order valence-electron chi connectivity index (χ1n) is 14.8. The van der Waals surface area contributed by atoms with Crippen LogP contribution in [0.2, 0.25) is 0 Å². The molecular weight excluding hydrogens is 586 g/mol. The van der Waals surface area contributed by atoms with E-state index in [9.17, 15) is 33.6 Å². The lowest BCUT2D eigenvalue weighted by Gasteiger charge is -2.25. The quantitative estimate of drug-likeness (QED) is 0.0890. The van der Waals surface area contributed by atoms with Crippen LogP contribution in [0.5, 0.6) is 0 Å². The molecule has 0 saturated carbocycles. The number of nitrogens with two attached hydrogens (primary N) is 1. The molecular formula is C30H43N7O8. The van der Waals surface area contributed by atoms with Crippen molar-refractivity contribution in [3.05, 3.63) is 42.0 Å². The Balaban J connectivity index is 1.79. The molecule has 246 valence electrons. The number of benzene rings is 1. The monoisotopic (exact) mass is 629 g/mol. The third kappa shape index (κ3) is 13.6. The number of urea groups is 1. The van der Waals surface area contributed by atoms with Gasteiger partial charge in [0.05, 0.1) is 13.2 Å². The van der Waals surface area contributed by atoms with Gasteiger partial charge in [0, 0.05) is 50.3 Å². The second kappa shape index (κ2) is 18.8.